The van der Waals surface area contributed by atoms with Gasteiger partial charge in [-0.3, -0.25) is 5.43 Å². The molecule has 0 amide bonds. The van der Waals surface area contributed by atoms with Gasteiger partial charge in [-0.05, 0) is 62.0 Å². The number of rotatable bonds is 4. The molecule has 122 valence electrons. The summed E-state index contributed by atoms with van der Waals surface area (Å²) < 4.78 is 0. The Morgan fingerprint density at radius 3 is 2.70 bits per heavy atom. The molecule has 2 N–H and O–H groups in total. The highest BCUT2D eigenvalue weighted by molar-refractivity contribution is 6.09. The molecule has 0 radical (unpaired) electrons. The lowest BCUT2D eigenvalue weighted by Crippen LogP contribution is -2.34. The molecule has 4 heteroatoms. The Hall–Kier alpha value is -2.07. The van der Waals surface area contributed by atoms with Gasteiger partial charge < -0.3 is 10.0 Å². The maximum Gasteiger partial charge on any atom is 0.0906 e. The van der Waals surface area contributed by atoms with Gasteiger partial charge in [0.25, 0.3) is 0 Å². The molecule has 0 bridgehead atoms. The van der Waals surface area contributed by atoms with Gasteiger partial charge >= 0.3 is 0 Å². The van der Waals surface area contributed by atoms with Crippen LogP contribution >= 0.6 is 0 Å². The fourth-order valence-electron chi connectivity index (χ4n) is 3.36. The van der Waals surface area contributed by atoms with E-state index in [0.29, 0.717) is 12.5 Å². The summed E-state index contributed by atoms with van der Waals surface area (Å²) in [7, 11) is 0. The zero-order chi connectivity index (χ0) is 16.2. The third-order valence-corrected chi connectivity index (χ3v) is 4.75. The van der Waals surface area contributed by atoms with Crippen molar-refractivity contribution in [2.24, 2.45) is 11.0 Å². The fraction of sp³-hybridized carbons (Fsp3) is 0.421. The molecule has 23 heavy (non-hydrogen) atoms. The van der Waals surface area contributed by atoms with E-state index in [-0.39, 0.29) is 0 Å². The predicted molar refractivity (Wildman–Crippen MR) is 95.8 cm³/mol. The third kappa shape index (κ3) is 3.64. The van der Waals surface area contributed by atoms with Crippen LogP contribution in [0.4, 0.5) is 5.69 Å². The summed E-state index contributed by atoms with van der Waals surface area (Å²) in [6, 6.07) is 6.55. The molecular formula is C19H25N3O. The van der Waals surface area contributed by atoms with E-state index in [9.17, 15) is 0 Å². The number of benzene rings is 1. The van der Waals surface area contributed by atoms with Gasteiger partial charge in [-0.15, -0.1) is 0 Å². The number of aliphatic hydroxyl groups is 1. The van der Waals surface area contributed by atoms with Crippen LogP contribution in [-0.4, -0.2) is 30.5 Å². The van der Waals surface area contributed by atoms with Crippen LogP contribution in [-0.2, 0) is 0 Å². The molecule has 0 aliphatic carbocycles. The van der Waals surface area contributed by atoms with Crippen LogP contribution < -0.4 is 10.3 Å². The van der Waals surface area contributed by atoms with E-state index in [1.54, 1.807) is 0 Å². The largest absolute Gasteiger partial charge is 0.396 e. The molecule has 0 unspecified atom stereocenters. The number of nitrogens with zero attached hydrogens (tertiary/aromatic N) is 2. The van der Waals surface area contributed by atoms with E-state index in [0.717, 1.165) is 36.5 Å². The van der Waals surface area contributed by atoms with Gasteiger partial charge in [0.05, 0.1) is 5.71 Å². The van der Waals surface area contributed by atoms with Crippen molar-refractivity contribution in [2.45, 2.75) is 26.2 Å². The Morgan fingerprint density at radius 2 is 2.09 bits per heavy atom. The lowest BCUT2D eigenvalue weighted by Gasteiger charge is -2.34. The highest BCUT2D eigenvalue weighted by atomic mass is 16.3. The minimum Gasteiger partial charge on any atom is -0.396 e. The third-order valence-electron chi connectivity index (χ3n) is 4.75. The van der Waals surface area contributed by atoms with Crippen molar-refractivity contribution in [3.05, 3.63) is 53.8 Å². The summed E-state index contributed by atoms with van der Waals surface area (Å²) >= 11 is 0. The summed E-state index contributed by atoms with van der Waals surface area (Å²) in [4.78, 5) is 2.46. The van der Waals surface area contributed by atoms with E-state index in [1.165, 1.54) is 24.1 Å². The van der Waals surface area contributed by atoms with Crippen LogP contribution in [0, 0.1) is 12.8 Å². The highest BCUT2D eigenvalue weighted by Gasteiger charge is 2.20. The van der Waals surface area contributed by atoms with Crippen molar-refractivity contribution in [2.75, 3.05) is 24.6 Å². The number of piperidine rings is 1. The molecule has 1 aromatic rings. The van der Waals surface area contributed by atoms with Gasteiger partial charge in [-0.2, -0.15) is 5.10 Å². The number of allylic oxidation sites excluding steroid dienone is 2. The van der Waals surface area contributed by atoms with Crippen LogP contribution in [0.3, 0.4) is 0 Å². The van der Waals surface area contributed by atoms with Crippen LogP contribution in [0.5, 0.6) is 0 Å². The maximum atomic E-state index is 9.08. The summed E-state index contributed by atoms with van der Waals surface area (Å²) in [6.45, 7) is 8.46. The molecule has 0 saturated carbocycles. The van der Waals surface area contributed by atoms with E-state index >= 15 is 0 Å². The van der Waals surface area contributed by atoms with Crippen LogP contribution in [0.1, 0.15) is 30.4 Å². The summed E-state index contributed by atoms with van der Waals surface area (Å²) in [5.74, 6) is 0.678. The van der Waals surface area contributed by atoms with Gasteiger partial charge in [-0.25, -0.2) is 0 Å². The molecule has 1 saturated heterocycles. The minimum absolute atomic E-state index is 0.314. The number of hydrogen-bond donors (Lipinski definition) is 2. The van der Waals surface area contributed by atoms with Gasteiger partial charge in [0, 0.05) is 36.6 Å². The lowest BCUT2D eigenvalue weighted by atomic mass is 9.93. The summed E-state index contributed by atoms with van der Waals surface area (Å²) in [6.07, 6.45) is 7.22. The molecule has 1 fully saturated rings. The molecule has 4 nitrogen and oxygen atoms in total. The Bertz CT molecular complexity index is 640. The van der Waals surface area contributed by atoms with Crippen LogP contribution in [0.15, 0.2) is 47.7 Å². The average Bonchev–Trinajstić information content (AvgIpc) is 2.57. The number of hydrogen-bond acceptors (Lipinski definition) is 4. The van der Waals surface area contributed by atoms with Crippen molar-refractivity contribution in [1.29, 1.82) is 0 Å². The number of aliphatic hydroxyl groups excluding tert-OH is 1. The van der Waals surface area contributed by atoms with E-state index < -0.39 is 0 Å². The predicted octanol–water partition coefficient (Wildman–Crippen LogP) is 2.97. The van der Waals surface area contributed by atoms with Crippen molar-refractivity contribution in [3.63, 3.8) is 0 Å². The first kappa shape index (κ1) is 15.8. The van der Waals surface area contributed by atoms with Gasteiger partial charge in [-0.1, -0.05) is 12.6 Å². The highest BCUT2D eigenvalue weighted by Crippen LogP contribution is 2.28. The Kier molecular flexibility index (Phi) is 4.82. The first-order chi connectivity index (χ1) is 11.2. The standard InChI is InChI=1S/C19H25N3O/c1-14-13-17(18-5-3-15(2)20-21-18)4-6-19(14)22-10-7-16(8-11-22)9-12-23/h3-6,13,16,20,23H,2,7-12H2,1H3. The average molecular weight is 311 g/mol. The monoisotopic (exact) mass is 311 g/mol. The van der Waals surface area contributed by atoms with Crippen molar-refractivity contribution < 1.29 is 5.11 Å². The van der Waals surface area contributed by atoms with Crippen molar-refractivity contribution >= 4 is 11.4 Å². The van der Waals surface area contributed by atoms with Crippen LogP contribution in [0.25, 0.3) is 0 Å². The van der Waals surface area contributed by atoms with Crippen molar-refractivity contribution in [3.8, 4) is 0 Å². The Balaban J connectivity index is 1.71. The van der Waals surface area contributed by atoms with Crippen molar-refractivity contribution in [1.82, 2.24) is 5.43 Å². The van der Waals surface area contributed by atoms with Gasteiger partial charge in [0.2, 0.25) is 0 Å². The topological polar surface area (TPSA) is 47.9 Å². The maximum absolute atomic E-state index is 9.08. The van der Waals surface area contributed by atoms with E-state index in [4.69, 9.17) is 5.11 Å². The second-order valence-corrected chi connectivity index (χ2v) is 6.41. The molecule has 1 aromatic carbocycles. The summed E-state index contributed by atoms with van der Waals surface area (Å²) in [5, 5.41) is 13.4. The molecule has 0 atom stereocenters. The zero-order valence-corrected chi connectivity index (χ0v) is 13.8. The smallest absolute Gasteiger partial charge is 0.0906 e. The number of anilines is 1. The second kappa shape index (κ2) is 7.01. The molecule has 3 rings (SSSR count). The first-order valence-corrected chi connectivity index (χ1v) is 8.35. The van der Waals surface area contributed by atoms with Gasteiger partial charge in [0.1, 0.15) is 0 Å². The quantitative estimate of drug-likeness (QED) is 0.899. The molecule has 2 heterocycles. The lowest BCUT2D eigenvalue weighted by molar-refractivity contribution is 0.240. The fourth-order valence-corrected chi connectivity index (χ4v) is 3.36. The zero-order valence-electron chi connectivity index (χ0n) is 13.8. The SMILES string of the molecule is C=C1C=CC(c2ccc(N3CCC(CCO)CC3)c(C)c2)=NN1. The molecule has 2 aliphatic rings. The second-order valence-electron chi connectivity index (χ2n) is 6.41. The minimum atomic E-state index is 0.314. The number of hydrazone groups is 1. The number of aryl methyl sites for hydroxylation is 1. The molecule has 2 aliphatic heterocycles. The molecule has 0 spiro atoms. The van der Waals surface area contributed by atoms with Crippen LogP contribution in [0.2, 0.25) is 0 Å². The first-order valence-electron chi connectivity index (χ1n) is 8.35. The van der Waals surface area contributed by atoms with E-state index in [1.807, 2.05) is 12.2 Å². The normalized spacial score (nSPS) is 18.8. The Morgan fingerprint density at radius 1 is 1.30 bits per heavy atom. The van der Waals surface area contributed by atoms with E-state index in [2.05, 4.69) is 47.1 Å². The van der Waals surface area contributed by atoms with Gasteiger partial charge in [0.15, 0.2) is 0 Å². The number of nitrogens with one attached hydrogen (secondary N) is 1. The molecular weight excluding hydrogens is 286 g/mol. The summed E-state index contributed by atoms with van der Waals surface area (Å²) in [5.41, 5.74) is 8.39. The molecule has 0 aromatic heterocycles. The Labute approximate surface area is 138 Å².